The Kier molecular flexibility index (Phi) is 5.74. The van der Waals surface area contributed by atoms with E-state index in [-0.39, 0.29) is 5.91 Å². The molecule has 0 radical (unpaired) electrons. The standard InChI is InChI=1S/C22H20BrNO2/c1-15-8-10-19(12-16(15)2)24-22(25)18-9-11-21(20(23)13-18)26-14-17-6-4-3-5-7-17/h3-13H,14H2,1-2H3,(H,24,25). The fourth-order valence-corrected chi connectivity index (χ4v) is 3.01. The number of carbonyl (C=O) groups is 1. The largest absolute Gasteiger partial charge is 0.488 e. The third-order valence-corrected chi connectivity index (χ3v) is 4.82. The molecule has 4 heteroatoms. The predicted octanol–water partition coefficient (Wildman–Crippen LogP) is 5.90. The highest BCUT2D eigenvalue weighted by Crippen LogP contribution is 2.27. The number of benzene rings is 3. The van der Waals surface area contributed by atoms with Gasteiger partial charge in [-0.3, -0.25) is 4.79 Å². The Morgan fingerprint density at radius 3 is 2.42 bits per heavy atom. The van der Waals surface area contributed by atoms with Crippen LogP contribution in [0.5, 0.6) is 5.75 Å². The highest BCUT2D eigenvalue weighted by molar-refractivity contribution is 9.10. The molecule has 0 atom stereocenters. The van der Waals surface area contributed by atoms with Crippen molar-refractivity contribution in [3.8, 4) is 5.75 Å². The highest BCUT2D eigenvalue weighted by atomic mass is 79.9. The van der Waals surface area contributed by atoms with E-state index < -0.39 is 0 Å². The number of halogens is 1. The quantitative estimate of drug-likeness (QED) is 0.569. The summed E-state index contributed by atoms with van der Waals surface area (Å²) in [7, 11) is 0. The molecule has 0 bridgehead atoms. The van der Waals surface area contributed by atoms with Gasteiger partial charge in [0.25, 0.3) is 5.91 Å². The number of carbonyl (C=O) groups excluding carboxylic acids is 1. The van der Waals surface area contributed by atoms with Crippen LogP contribution in [0.2, 0.25) is 0 Å². The Balaban J connectivity index is 1.68. The zero-order valence-electron chi connectivity index (χ0n) is 14.8. The Morgan fingerprint density at radius 2 is 1.73 bits per heavy atom. The third-order valence-electron chi connectivity index (χ3n) is 4.20. The zero-order chi connectivity index (χ0) is 18.5. The maximum atomic E-state index is 12.5. The van der Waals surface area contributed by atoms with Crippen molar-refractivity contribution < 1.29 is 9.53 Å². The summed E-state index contributed by atoms with van der Waals surface area (Å²) >= 11 is 3.49. The maximum Gasteiger partial charge on any atom is 0.255 e. The number of hydrogen-bond donors (Lipinski definition) is 1. The molecule has 0 saturated carbocycles. The summed E-state index contributed by atoms with van der Waals surface area (Å²) in [6.07, 6.45) is 0. The van der Waals surface area contributed by atoms with Gasteiger partial charge in [0, 0.05) is 11.3 Å². The molecule has 3 aromatic rings. The van der Waals surface area contributed by atoms with E-state index in [1.54, 1.807) is 12.1 Å². The Morgan fingerprint density at radius 1 is 0.962 bits per heavy atom. The minimum atomic E-state index is -0.149. The Labute approximate surface area is 162 Å². The Bertz CT molecular complexity index is 923. The van der Waals surface area contributed by atoms with Gasteiger partial charge in [0.05, 0.1) is 4.47 Å². The smallest absolute Gasteiger partial charge is 0.255 e. The summed E-state index contributed by atoms with van der Waals surface area (Å²) in [6.45, 7) is 4.56. The molecule has 0 aliphatic carbocycles. The van der Waals surface area contributed by atoms with E-state index in [0.29, 0.717) is 17.9 Å². The molecule has 0 aliphatic heterocycles. The number of ether oxygens (including phenoxy) is 1. The molecule has 0 unspecified atom stereocenters. The van der Waals surface area contributed by atoms with Crippen molar-refractivity contribution >= 4 is 27.5 Å². The first kappa shape index (κ1) is 18.2. The van der Waals surface area contributed by atoms with Crippen molar-refractivity contribution in [2.24, 2.45) is 0 Å². The van der Waals surface area contributed by atoms with Gasteiger partial charge in [-0.25, -0.2) is 0 Å². The maximum absolute atomic E-state index is 12.5. The first-order valence-electron chi connectivity index (χ1n) is 8.38. The molecule has 26 heavy (non-hydrogen) atoms. The van der Waals surface area contributed by atoms with Crippen LogP contribution >= 0.6 is 15.9 Å². The molecule has 0 aromatic heterocycles. The van der Waals surface area contributed by atoms with Crippen LogP contribution in [-0.4, -0.2) is 5.91 Å². The van der Waals surface area contributed by atoms with E-state index in [1.165, 1.54) is 5.56 Å². The SMILES string of the molecule is Cc1ccc(NC(=O)c2ccc(OCc3ccccc3)c(Br)c2)cc1C. The molecule has 0 saturated heterocycles. The van der Waals surface area contributed by atoms with Gasteiger partial charge in [-0.2, -0.15) is 0 Å². The first-order valence-corrected chi connectivity index (χ1v) is 9.17. The van der Waals surface area contributed by atoms with E-state index in [4.69, 9.17) is 4.74 Å². The first-order chi connectivity index (χ1) is 12.5. The van der Waals surface area contributed by atoms with Gasteiger partial charge in [-0.05, 0) is 76.8 Å². The van der Waals surface area contributed by atoms with E-state index in [2.05, 4.69) is 21.2 Å². The molecule has 0 spiro atoms. The normalized spacial score (nSPS) is 10.4. The summed E-state index contributed by atoms with van der Waals surface area (Å²) in [5.74, 6) is 0.556. The van der Waals surface area contributed by atoms with Gasteiger partial charge in [-0.1, -0.05) is 36.4 Å². The second-order valence-corrected chi connectivity index (χ2v) is 7.03. The minimum absolute atomic E-state index is 0.149. The molecule has 0 aliphatic rings. The molecule has 1 amide bonds. The summed E-state index contributed by atoms with van der Waals surface area (Å²) in [5.41, 5.74) is 4.80. The van der Waals surface area contributed by atoms with Crippen LogP contribution < -0.4 is 10.1 Å². The molecule has 0 fully saturated rings. The molecule has 132 valence electrons. The summed E-state index contributed by atoms with van der Waals surface area (Å²) < 4.78 is 6.58. The topological polar surface area (TPSA) is 38.3 Å². The predicted molar refractivity (Wildman–Crippen MR) is 109 cm³/mol. The van der Waals surface area contributed by atoms with Gasteiger partial charge in [0.1, 0.15) is 12.4 Å². The zero-order valence-corrected chi connectivity index (χ0v) is 16.3. The summed E-state index contributed by atoms with van der Waals surface area (Å²) in [5, 5.41) is 2.93. The second kappa shape index (κ2) is 8.19. The summed E-state index contributed by atoms with van der Waals surface area (Å²) in [6, 6.07) is 21.2. The van der Waals surface area contributed by atoms with E-state index in [0.717, 1.165) is 21.3 Å². The van der Waals surface area contributed by atoms with E-state index in [1.807, 2.05) is 68.4 Å². The van der Waals surface area contributed by atoms with Crippen LogP contribution in [0.3, 0.4) is 0 Å². The molecule has 3 nitrogen and oxygen atoms in total. The molecule has 0 heterocycles. The van der Waals surface area contributed by atoms with Crippen molar-refractivity contribution in [2.45, 2.75) is 20.5 Å². The van der Waals surface area contributed by atoms with Crippen LogP contribution in [0.1, 0.15) is 27.0 Å². The number of anilines is 1. The van der Waals surface area contributed by atoms with Crippen LogP contribution in [0, 0.1) is 13.8 Å². The van der Waals surface area contributed by atoms with Crippen molar-refractivity contribution in [1.82, 2.24) is 0 Å². The van der Waals surface area contributed by atoms with Crippen molar-refractivity contribution in [2.75, 3.05) is 5.32 Å². The molecule has 3 aromatic carbocycles. The number of amides is 1. The second-order valence-electron chi connectivity index (χ2n) is 6.17. The monoisotopic (exact) mass is 409 g/mol. The molecular weight excluding hydrogens is 390 g/mol. The fourth-order valence-electron chi connectivity index (χ4n) is 2.52. The summed E-state index contributed by atoms with van der Waals surface area (Å²) in [4.78, 5) is 12.5. The van der Waals surface area contributed by atoms with Crippen molar-refractivity contribution in [3.05, 3.63) is 93.5 Å². The molecular formula is C22H20BrNO2. The number of nitrogens with one attached hydrogen (secondary N) is 1. The molecule has 1 N–H and O–H groups in total. The van der Waals surface area contributed by atoms with E-state index in [9.17, 15) is 4.79 Å². The van der Waals surface area contributed by atoms with E-state index >= 15 is 0 Å². The van der Waals surface area contributed by atoms with Gasteiger partial charge < -0.3 is 10.1 Å². The van der Waals surface area contributed by atoms with Crippen LogP contribution in [0.25, 0.3) is 0 Å². The lowest BCUT2D eigenvalue weighted by molar-refractivity contribution is 0.102. The lowest BCUT2D eigenvalue weighted by Crippen LogP contribution is -2.12. The van der Waals surface area contributed by atoms with Gasteiger partial charge in [0.2, 0.25) is 0 Å². The third kappa shape index (κ3) is 4.52. The number of rotatable bonds is 5. The lowest BCUT2D eigenvalue weighted by atomic mass is 10.1. The lowest BCUT2D eigenvalue weighted by Gasteiger charge is -2.11. The minimum Gasteiger partial charge on any atom is -0.488 e. The van der Waals surface area contributed by atoms with Gasteiger partial charge in [-0.15, -0.1) is 0 Å². The average Bonchev–Trinajstić information content (AvgIpc) is 2.64. The van der Waals surface area contributed by atoms with Crippen LogP contribution in [0.4, 0.5) is 5.69 Å². The van der Waals surface area contributed by atoms with Crippen molar-refractivity contribution in [3.63, 3.8) is 0 Å². The van der Waals surface area contributed by atoms with Gasteiger partial charge >= 0.3 is 0 Å². The van der Waals surface area contributed by atoms with Crippen LogP contribution in [-0.2, 0) is 6.61 Å². The fraction of sp³-hybridized carbons (Fsp3) is 0.136. The number of aryl methyl sites for hydroxylation is 2. The highest BCUT2D eigenvalue weighted by Gasteiger charge is 2.10. The number of hydrogen-bond acceptors (Lipinski definition) is 2. The molecule has 3 rings (SSSR count). The average molecular weight is 410 g/mol. The Hall–Kier alpha value is -2.59. The van der Waals surface area contributed by atoms with Crippen molar-refractivity contribution in [1.29, 1.82) is 0 Å². The van der Waals surface area contributed by atoms with Gasteiger partial charge in [0.15, 0.2) is 0 Å². The van der Waals surface area contributed by atoms with Crippen LogP contribution in [0.15, 0.2) is 71.2 Å².